The maximum atomic E-state index is 11.4. The number of nitro groups is 1. The van der Waals surface area contributed by atoms with E-state index in [1.165, 1.54) is 6.07 Å². The molecule has 0 fully saturated rings. The van der Waals surface area contributed by atoms with Crippen LogP contribution in [0, 0.1) is 10.1 Å². The Morgan fingerprint density at radius 1 is 0.824 bits per heavy atom. The number of benzene rings is 3. The summed E-state index contributed by atoms with van der Waals surface area (Å²) in [5, 5.41) is 11.4. The summed E-state index contributed by atoms with van der Waals surface area (Å²) in [7, 11) is 6.39. The van der Waals surface area contributed by atoms with E-state index in [-0.39, 0.29) is 5.69 Å². The molecular weight excluding hydrogens is 438 g/mol. The van der Waals surface area contributed by atoms with Crippen LogP contribution in [-0.4, -0.2) is 42.9 Å². The Morgan fingerprint density at radius 2 is 1.44 bits per heavy atom. The quantitative estimate of drug-likeness (QED) is 0.264. The molecule has 0 aliphatic heterocycles. The maximum Gasteiger partial charge on any atom is 0.271 e. The zero-order chi connectivity index (χ0) is 24.2. The SMILES string of the molecule is COc1ccc(Cc2nc3ccc([N+](=O)[O-])cc3n2Cc2ccc(OC)cc2OC)c(OC)c1. The summed E-state index contributed by atoms with van der Waals surface area (Å²) in [6.45, 7) is 0.401. The first-order valence-electron chi connectivity index (χ1n) is 10.5. The number of hydrogen-bond donors (Lipinski definition) is 0. The number of non-ortho nitro benzene ring substituents is 1. The lowest BCUT2D eigenvalue weighted by atomic mass is 10.1. The number of fused-ring (bicyclic) bond motifs is 1. The number of aromatic nitrogens is 2. The summed E-state index contributed by atoms with van der Waals surface area (Å²) < 4.78 is 23.7. The fourth-order valence-corrected chi connectivity index (χ4v) is 3.91. The van der Waals surface area contributed by atoms with Crippen LogP contribution in [0.15, 0.2) is 54.6 Å². The largest absolute Gasteiger partial charge is 0.497 e. The molecule has 0 aliphatic rings. The van der Waals surface area contributed by atoms with Crippen molar-refractivity contribution in [3.8, 4) is 23.0 Å². The van der Waals surface area contributed by atoms with Gasteiger partial charge in [0.15, 0.2) is 0 Å². The zero-order valence-corrected chi connectivity index (χ0v) is 19.4. The van der Waals surface area contributed by atoms with E-state index >= 15 is 0 Å². The van der Waals surface area contributed by atoms with E-state index in [4.69, 9.17) is 23.9 Å². The van der Waals surface area contributed by atoms with Crippen LogP contribution >= 0.6 is 0 Å². The second-order valence-corrected chi connectivity index (χ2v) is 7.58. The number of nitro benzene ring substituents is 1. The Kier molecular flexibility index (Phi) is 6.53. The topological polar surface area (TPSA) is 97.9 Å². The molecular formula is C25H25N3O6. The van der Waals surface area contributed by atoms with Gasteiger partial charge < -0.3 is 23.5 Å². The summed E-state index contributed by atoms with van der Waals surface area (Å²) in [4.78, 5) is 15.8. The van der Waals surface area contributed by atoms with Gasteiger partial charge in [-0.1, -0.05) is 6.07 Å². The van der Waals surface area contributed by atoms with Crippen molar-refractivity contribution in [3.63, 3.8) is 0 Å². The first kappa shape index (κ1) is 22.9. The highest BCUT2D eigenvalue weighted by Crippen LogP contribution is 2.31. The first-order valence-corrected chi connectivity index (χ1v) is 10.5. The zero-order valence-electron chi connectivity index (χ0n) is 19.4. The van der Waals surface area contributed by atoms with Gasteiger partial charge in [0.25, 0.3) is 5.69 Å². The number of hydrogen-bond acceptors (Lipinski definition) is 7. The standard InChI is InChI=1S/C25H25N3O6/c1-31-19-8-5-16(23(13-19)33-3)11-25-26-21-10-7-18(28(29)30)12-22(21)27(25)15-17-6-9-20(32-2)14-24(17)34-4/h5-10,12-14H,11,15H2,1-4H3. The number of imidazole rings is 1. The van der Waals surface area contributed by atoms with Crippen LogP contribution in [0.4, 0.5) is 5.69 Å². The molecule has 4 aromatic rings. The van der Waals surface area contributed by atoms with Gasteiger partial charge in [-0.15, -0.1) is 0 Å². The third kappa shape index (κ3) is 4.45. The van der Waals surface area contributed by atoms with Crippen molar-refractivity contribution in [2.45, 2.75) is 13.0 Å². The molecule has 4 rings (SSSR count). The van der Waals surface area contributed by atoms with E-state index in [1.54, 1.807) is 40.6 Å². The summed E-state index contributed by atoms with van der Waals surface area (Å²) in [6.07, 6.45) is 0.452. The van der Waals surface area contributed by atoms with Gasteiger partial charge in [-0.25, -0.2) is 4.98 Å². The van der Waals surface area contributed by atoms with Gasteiger partial charge in [-0.3, -0.25) is 10.1 Å². The highest BCUT2D eigenvalue weighted by atomic mass is 16.6. The normalized spacial score (nSPS) is 10.8. The van der Waals surface area contributed by atoms with Crippen molar-refractivity contribution in [2.75, 3.05) is 28.4 Å². The third-order valence-electron chi connectivity index (χ3n) is 5.69. The highest BCUT2D eigenvalue weighted by Gasteiger charge is 2.18. The fraction of sp³-hybridized carbons (Fsp3) is 0.240. The van der Waals surface area contributed by atoms with Crippen molar-refractivity contribution in [1.29, 1.82) is 0 Å². The molecule has 0 N–H and O–H groups in total. The van der Waals surface area contributed by atoms with E-state index in [1.807, 2.05) is 41.0 Å². The van der Waals surface area contributed by atoms with E-state index in [0.717, 1.165) is 17.0 Å². The molecule has 0 spiro atoms. The molecule has 9 nitrogen and oxygen atoms in total. The Morgan fingerprint density at radius 3 is 2.03 bits per heavy atom. The number of methoxy groups -OCH3 is 4. The lowest BCUT2D eigenvalue weighted by Gasteiger charge is -2.15. The van der Waals surface area contributed by atoms with E-state index < -0.39 is 4.92 Å². The maximum absolute atomic E-state index is 11.4. The monoisotopic (exact) mass is 463 g/mol. The Bertz CT molecular complexity index is 1350. The summed E-state index contributed by atoms with van der Waals surface area (Å²) >= 11 is 0. The molecule has 0 atom stereocenters. The van der Waals surface area contributed by atoms with Crippen LogP contribution in [0.5, 0.6) is 23.0 Å². The molecule has 1 aromatic heterocycles. The lowest BCUT2D eigenvalue weighted by molar-refractivity contribution is -0.384. The van der Waals surface area contributed by atoms with Crippen molar-refractivity contribution in [2.24, 2.45) is 0 Å². The van der Waals surface area contributed by atoms with Crippen LogP contribution < -0.4 is 18.9 Å². The lowest BCUT2D eigenvalue weighted by Crippen LogP contribution is -2.08. The van der Waals surface area contributed by atoms with Gasteiger partial charge in [0, 0.05) is 41.8 Å². The molecule has 0 aliphatic carbocycles. The molecule has 0 amide bonds. The molecule has 0 bridgehead atoms. The van der Waals surface area contributed by atoms with E-state index in [0.29, 0.717) is 47.0 Å². The number of ether oxygens (including phenoxy) is 4. The molecule has 3 aromatic carbocycles. The number of rotatable bonds is 9. The molecule has 9 heteroatoms. The second kappa shape index (κ2) is 9.70. The van der Waals surface area contributed by atoms with Gasteiger partial charge in [-0.2, -0.15) is 0 Å². The predicted molar refractivity (Wildman–Crippen MR) is 127 cm³/mol. The Hall–Kier alpha value is -4.27. The summed E-state index contributed by atoms with van der Waals surface area (Å²) in [6, 6.07) is 15.9. The highest BCUT2D eigenvalue weighted by molar-refractivity contribution is 5.79. The van der Waals surface area contributed by atoms with Crippen LogP contribution in [0.2, 0.25) is 0 Å². The van der Waals surface area contributed by atoms with Crippen molar-refractivity contribution in [1.82, 2.24) is 9.55 Å². The molecule has 0 saturated heterocycles. The van der Waals surface area contributed by atoms with Crippen molar-refractivity contribution >= 4 is 16.7 Å². The van der Waals surface area contributed by atoms with Crippen LogP contribution in [0.3, 0.4) is 0 Å². The van der Waals surface area contributed by atoms with Crippen LogP contribution in [0.1, 0.15) is 17.0 Å². The molecule has 34 heavy (non-hydrogen) atoms. The average molecular weight is 463 g/mol. The summed E-state index contributed by atoms with van der Waals surface area (Å²) in [5.41, 5.74) is 3.13. The van der Waals surface area contributed by atoms with Gasteiger partial charge >= 0.3 is 0 Å². The Labute approximate surface area is 196 Å². The van der Waals surface area contributed by atoms with E-state index in [9.17, 15) is 10.1 Å². The smallest absolute Gasteiger partial charge is 0.271 e. The first-order chi connectivity index (χ1) is 16.5. The Balaban J connectivity index is 1.84. The molecule has 176 valence electrons. The van der Waals surface area contributed by atoms with Gasteiger partial charge in [0.2, 0.25) is 0 Å². The van der Waals surface area contributed by atoms with Crippen molar-refractivity contribution in [3.05, 3.63) is 81.7 Å². The number of nitrogens with zero attached hydrogens (tertiary/aromatic N) is 3. The average Bonchev–Trinajstić information content (AvgIpc) is 3.20. The summed E-state index contributed by atoms with van der Waals surface area (Å²) in [5.74, 6) is 3.42. The van der Waals surface area contributed by atoms with Gasteiger partial charge in [0.1, 0.15) is 28.8 Å². The van der Waals surface area contributed by atoms with Gasteiger partial charge in [0.05, 0.1) is 50.9 Å². The van der Waals surface area contributed by atoms with Crippen LogP contribution in [0.25, 0.3) is 11.0 Å². The van der Waals surface area contributed by atoms with E-state index in [2.05, 4.69) is 0 Å². The molecule has 0 saturated carbocycles. The fourth-order valence-electron chi connectivity index (χ4n) is 3.91. The molecule has 0 radical (unpaired) electrons. The molecule has 1 heterocycles. The van der Waals surface area contributed by atoms with Crippen LogP contribution in [-0.2, 0) is 13.0 Å². The third-order valence-corrected chi connectivity index (χ3v) is 5.69. The molecule has 0 unspecified atom stereocenters. The minimum atomic E-state index is -0.406. The minimum absolute atomic E-state index is 0.00363. The second-order valence-electron chi connectivity index (χ2n) is 7.58. The van der Waals surface area contributed by atoms with Crippen molar-refractivity contribution < 1.29 is 23.9 Å². The van der Waals surface area contributed by atoms with Gasteiger partial charge in [-0.05, 0) is 24.3 Å². The minimum Gasteiger partial charge on any atom is -0.497 e. The predicted octanol–water partition coefficient (Wildman–Crippen LogP) is 4.62.